The summed E-state index contributed by atoms with van der Waals surface area (Å²) < 4.78 is 0. The van der Waals surface area contributed by atoms with Gasteiger partial charge in [0.15, 0.2) is 5.62 Å². The zero-order valence-electron chi connectivity index (χ0n) is 9.54. The largest absolute Gasteiger partial charge is 0.478 e. The van der Waals surface area contributed by atoms with Gasteiger partial charge in [-0.05, 0) is 17.7 Å². The first-order chi connectivity index (χ1) is 8.60. The Morgan fingerprint density at radius 2 is 2.11 bits per heavy atom. The summed E-state index contributed by atoms with van der Waals surface area (Å²) in [6, 6.07) is 6.53. The van der Waals surface area contributed by atoms with E-state index in [1.54, 1.807) is 31.3 Å². The summed E-state index contributed by atoms with van der Waals surface area (Å²) >= 11 is 5.95. The van der Waals surface area contributed by atoms with Gasteiger partial charge >= 0.3 is 5.97 Å². The lowest BCUT2D eigenvalue weighted by molar-refractivity contribution is 0.0696. The fourth-order valence-electron chi connectivity index (χ4n) is 1.29. The van der Waals surface area contributed by atoms with Gasteiger partial charge in [-0.1, -0.05) is 42.2 Å². The van der Waals surface area contributed by atoms with Crippen LogP contribution in [0, 0.1) is 0 Å². The molecular weight excluding hydrogens is 270 g/mol. The SMILES string of the molecule is CNC(=S)/C(=C/c1ccccc1C(=O)O)SC=O. The minimum atomic E-state index is -1.02. The number of likely N-dealkylation sites (N-methyl/N-ethyl adjacent to an activating group) is 1. The maximum atomic E-state index is 11.0. The van der Waals surface area contributed by atoms with Crippen LogP contribution >= 0.6 is 24.0 Å². The molecule has 0 amide bonds. The zero-order chi connectivity index (χ0) is 13.5. The number of carboxylic acid groups (broad SMARTS) is 1. The number of nitrogens with one attached hydrogen (secondary N) is 1. The van der Waals surface area contributed by atoms with Crippen molar-refractivity contribution in [2.24, 2.45) is 0 Å². The van der Waals surface area contributed by atoms with E-state index in [0.717, 1.165) is 11.8 Å². The van der Waals surface area contributed by atoms with Crippen LogP contribution in [0.1, 0.15) is 15.9 Å². The molecule has 0 aliphatic heterocycles. The van der Waals surface area contributed by atoms with Gasteiger partial charge in [-0.2, -0.15) is 0 Å². The van der Waals surface area contributed by atoms with Gasteiger partial charge in [0, 0.05) is 12.0 Å². The molecule has 0 saturated carbocycles. The minimum absolute atomic E-state index is 0.167. The third-order valence-corrected chi connectivity index (χ3v) is 3.33. The van der Waals surface area contributed by atoms with E-state index in [1.165, 1.54) is 6.07 Å². The van der Waals surface area contributed by atoms with Crippen molar-refractivity contribution in [1.29, 1.82) is 0 Å². The first-order valence-corrected chi connectivity index (χ1v) is 6.25. The fraction of sp³-hybridized carbons (Fsp3) is 0.0833. The van der Waals surface area contributed by atoms with Gasteiger partial charge in [0.2, 0.25) is 0 Å². The molecule has 18 heavy (non-hydrogen) atoms. The van der Waals surface area contributed by atoms with Crippen LogP contribution in [0.3, 0.4) is 0 Å². The Morgan fingerprint density at radius 1 is 1.44 bits per heavy atom. The van der Waals surface area contributed by atoms with Crippen LogP contribution in [0.15, 0.2) is 29.2 Å². The summed E-state index contributed by atoms with van der Waals surface area (Å²) in [7, 11) is 1.64. The Kier molecular flexibility index (Phi) is 5.54. The van der Waals surface area contributed by atoms with Crippen LogP contribution in [-0.4, -0.2) is 28.7 Å². The maximum Gasteiger partial charge on any atom is 0.336 e. The number of carbonyl (C=O) groups excluding carboxylic acids is 1. The van der Waals surface area contributed by atoms with E-state index in [0.29, 0.717) is 21.1 Å². The summed E-state index contributed by atoms with van der Waals surface area (Å²) in [5.74, 6) is -1.02. The second kappa shape index (κ2) is 6.93. The third kappa shape index (κ3) is 3.68. The van der Waals surface area contributed by atoms with Crippen LogP contribution in [0.4, 0.5) is 0 Å². The molecule has 0 fully saturated rings. The lowest BCUT2D eigenvalue weighted by Crippen LogP contribution is -2.16. The topological polar surface area (TPSA) is 66.4 Å². The molecule has 0 saturated heterocycles. The van der Waals surface area contributed by atoms with E-state index >= 15 is 0 Å². The van der Waals surface area contributed by atoms with Crippen LogP contribution in [0.25, 0.3) is 6.08 Å². The molecule has 0 aliphatic rings. The van der Waals surface area contributed by atoms with Crippen LogP contribution in [0.2, 0.25) is 0 Å². The second-order valence-electron chi connectivity index (χ2n) is 3.19. The molecule has 0 aromatic heterocycles. The van der Waals surface area contributed by atoms with Crippen molar-refractivity contribution in [3.8, 4) is 0 Å². The van der Waals surface area contributed by atoms with E-state index in [-0.39, 0.29) is 5.56 Å². The number of thiocarbonyl (C=S) groups is 1. The Hall–Kier alpha value is -1.66. The summed E-state index contributed by atoms with van der Waals surface area (Å²) in [6.07, 6.45) is 1.58. The molecule has 0 spiro atoms. The van der Waals surface area contributed by atoms with Gasteiger partial charge in [-0.15, -0.1) is 0 Å². The van der Waals surface area contributed by atoms with Crippen molar-refractivity contribution in [3.05, 3.63) is 40.3 Å². The summed E-state index contributed by atoms with van der Waals surface area (Å²) in [5.41, 5.74) is 1.33. The number of hydrogen-bond acceptors (Lipinski definition) is 4. The number of carboxylic acids is 1. The van der Waals surface area contributed by atoms with Crippen molar-refractivity contribution in [1.82, 2.24) is 5.32 Å². The monoisotopic (exact) mass is 281 g/mol. The average Bonchev–Trinajstić information content (AvgIpc) is 2.37. The number of aromatic carboxylic acids is 1. The molecule has 0 atom stereocenters. The molecule has 0 bridgehead atoms. The molecule has 2 N–H and O–H groups in total. The standard InChI is InChI=1S/C12H11NO3S2/c1-13-11(17)10(18-7-14)6-8-4-2-3-5-9(8)12(15)16/h2-7H,1H3,(H,13,17)(H,15,16)/b10-6-. The van der Waals surface area contributed by atoms with Crippen molar-refractivity contribution >= 4 is 46.6 Å². The van der Waals surface area contributed by atoms with E-state index < -0.39 is 5.97 Å². The van der Waals surface area contributed by atoms with Gasteiger partial charge in [0.25, 0.3) is 0 Å². The molecule has 1 aromatic carbocycles. The summed E-state index contributed by atoms with van der Waals surface area (Å²) in [5, 5.41) is 11.8. The highest BCUT2D eigenvalue weighted by molar-refractivity contribution is 8.16. The second-order valence-corrected chi connectivity index (χ2v) is 4.47. The summed E-state index contributed by atoms with van der Waals surface area (Å²) in [6.45, 7) is 0. The predicted octanol–water partition coefficient (Wildman–Crippen LogP) is 2.20. The first kappa shape index (κ1) is 14.4. The van der Waals surface area contributed by atoms with Crippen LogP contribution in [-0.2, 0) is 4.79 Å². The summed E-state index contributed by atoms with van der Waals surface area (Å²) in [4.78, 5) is 22.5. The highest BCUT2D eigenvalue weighted by Crippen LogP contribution is 2.20. The van der Waals surface area contributed by atoms with E-state index in [9.17, 15) is 9.59 Å². The molecule has 94 valence electrons. The van der Waals surface area contributed by atoms with Crippen molar-refractivity contribution in [2.45, 2.75) is 0 Å². The lowest BCUT2D eigenvalue weighted by atomic mass is 10.1. The number of benzene rings is 1. The van der Waals surface area contributed by atoms with Crippen LogP contribution in [0.5, 0.6) is 0 Å². The Bertz CT molecular complexity index is 512. The van der Waals surface area contributed by atoms with Gasteiger partial charge in [-0.25, -0.2) is 4.79 Å². The van der Waals surface area contributed by atoms with Gasteiger partial charge in [-0.3, -0.25) is 4.79 Å². The molecule has 1 aromatic rings. The Labute approximate surface area is 114 Å². The molecule has 0 heterocycles. The Morgan fingerprint density at radius 3 is 2.67 bits per heavy atom. The minimum Gasteiger partial charge on any atom is -0.478 e. The quantitative estimate of drug-likeness (QED) is 0.490. The zero-order valence-corrected chi connectivity index (χ0v) is 11.2. The number of hydrogen-bond donors (Lipinski definition) is 2. The molecular formula is C12H11NO3S2. The van der Waals surface area contributed by atoms with Crippen molar-refractivity contribution < 1.29 is 14.7 Å². The molecule has 4 nitrogen and oxygen atoms in total. The maximum absolute atomic E-state index is 11.0. The molecule has 0 unspecified atom stereocenters. The normalized spacial score (nSPS) is 10.8. The van der Waals surface area contributed by atoms with Crippen molar-refractivity contribution in [3.63, 3.8) is 0 Å². The van der Waals surface area contributed by atoms with Crippen molar-refractivity contribution in [2.75, 3.05) is 7.05 Å². The van der Waals surface area contributed by atoms with E-state index in [4.69, 9.17) is 17.3 Å². The van der Waals surface area contributed by atoms with Gasteiger partial charge in [0.1, 0.15) is 4.99 Å². The molecule has 1 rings (SSSR count). The first-order valence-electron chi connectivity index (χ1n) is 4.96. The smallest absolute Gasteiger partial charge is 0.336 e. The highest BCUT2D eigenvalue weighted by atomic mass is 32.2. The fourth-order valence-corrected chi connectivity index (χ4v) is 2.00. The average molecular weight is 281 g/mol. The Balaban J connectivity index is 3.23. The van der Waals surface area contributed by atoms with Gasteiger partial charge < -0.3 is 10.4 Å². The van der Waals surface area contributed by atoms with Gasteiger partial charge in [0.05, 0.1) is 5.56 Å². The molecule has 0 radical (unpaired) electrons. The van der Waals surface area contributed by atoms with Crippen LogP contribution < -0.4 is 5.32 Å². The molecule has 0 aliphatic carbocycles. The van der Waals surface area contributed by atoms with E-state index in [1.807, 2.05) is 0 Å². The third-order valence-electron chi connectivity index (χ3n) is 2.10. The number of rotatable bonds is 5. The number of carbonyl (C=O) groups is 2. The van der Waals surface area contributed by atoms with E-state index in [2.05, 4.69) is 5.32 Å². The highest BCUT2D eigenvalue weighted by Gasteiger charge is 2.10. The predicted molar refractivity (Wildman–Crippen MR) is 77.4 cm³/mol. The number of thioether (sulfide) groups is 1. The molecule has 6 heteroatoms. The lowest BCUT2D eigenvalue weighted by Gasteiger charge is -2.06.